The summed E-state index contributed by atoms with van der Waals surface area (Å²) in [5.41, 5.74) is 1.64. The first-order valence-electron chi connectivity index (χ1n) is 12.2. The standard InChI is InChI=1S/C27H37NO5/c1-18(2)31-23-11-10-20(16-24(23)30-5)26(29)28-14-12-27(13-15-28)17-25(32-19(3)4)21-8-6-7-9-22(21)33-27/h7,9-11,16,18-19,25H,6,8,12-15,17H2,1-5H3/t25-/m0/s1. The van der Waals surface area contributed by atoms with E-state index in [9.17, 15) is 4.79 Å². The molecule has 0 bridgehead atoms. The van der Waals surface area contributed by atoms with Crippen molar-refractivity contribution in [1.82, 2.24) is 4.90 Å². The second kappa shape index (κ2) is 9.80. The van der Waals surface area contributed by atoms with Gasteiger partial charge in [0.25, 0.3) is 5.91 Å². The van der Waals surface area contributed by atoms with E-state index < -0.39 is 0 Å². The fourth-order valence-electron chi connectivity index (χ4n) is 5.03. The summed E-state index contributed by atoms with van der Waals surface area (Å²) in [5.74, 6) is 2.24. The lowest BCUT2D eigenvalue weighted by Crippen LogP contribution is -2.52. The molecule has 1 aromatic carbocycles. The third-order valence-corrected chi connectivity index (χ3v) is 6.61. The molecule has 1 saturated heterocycles. The van der Waals surface area contributed by atoms with E-state index in [1.165, 1.54) is 5.57 Å². The van der Waals surface area contributed by atoms with Crippen LogP contribution in [0.3, 0.4) is 0 Å². The van der Waals surface area contributed by atoms with Gasteiger partial charge < -0.3 is 23.8 Å². The van der Waals surface area contributed by atoms with Crippen molar-refractivity contribution in [3.63, 3.8) is 0 Å². The van der Waals surface area contributed by atoms with Gasteiger partial charge in [-0.1, -0.05) is 6.08 Å². The van der Waals surface area contributed by atoms with Gasteiger partial charge in [-0.25, -0.2) is 0 Å². The number of rotatable bonds is 6. The molecule has 0 radical (unpaired) electrons. The minimum Gasteiger partial charge on any atom is -0.493 e. The quantitative estimate of drug-likeness (QED) is 0.584. The average molecular weight is 456 g/mol. The minimum absolute atomic E-state index is 0.0162. The lowest BCUT2D eigenvalue weighted by atomic mass is 9.79. The normalized spacial score (nSPS) is 21.9. The van der Waals surface area contributed by atoms with E-state index >= 15 is 0 Å². The molecule has 1 amide bonds. The maximum atomic E-state index is 13.3. The molecule has 1 fully saturated rings. The number of carbonyl (C=O) groups is 1. The number of carbonyl (C=O) groups excluding carboxylic acids is 1. The zero-order valence-electron chi connectivity index (χ0n) is 20.6. The molecule has 4 rings (SSSR count). The van der Waals surface area contributed by atoms with Crippen molar-refractivity contribution in [2.75, 3.05) is 20.2 Å². The summed E-state index contributed by atoms with van der Waals surface area (Å²) in [7, 11) is 1.60. The number of piperidine rings is 1. The molecule has 3 aliphatic rings. The smallest absolute Gasteiger partial charge is 0.253 e. The second-order valence-electron chi connectivity index (χ2n) is 9.82. The van der Waals surface area contributed by atoms with E-state index in [0.717, 1.165) is 37.9 Å². The van der Waals surface area contributed by atoms with Crippen LogP contribution in [0.5, 0.6) is 11.5 Å². The summed E-state index contributed by atoms with van der Waals surface area (Å²) in [6, 6.07) is 5.41. The first kappa shape index (κ1) is 23.7. The Labute approximate surface area is 197 Å². The molecular formula is C27H37NO5. The zero-order valence-corrected chi connectivity index (χ0v) is 20.6. The van der Waals surface area contributed by atoms with Crippen LogP contribution in [0.2, 0.25) is 0 Å². The van der Waals surface area contributed by atoms with Crippen molar-refractivity contribution in [3.8, 4) is 11.5 Å². The largest absolute Gasteiger partial charge is 0.493 e. The molecule has 180 valence electrons. The van der Waals surface area contributed by atoms with Crippen LogP contribution in [0, 0.1) is 0 Å². The predicted octanol–water partition coefficient (Wildman–Crippen LogP) is 5.28. The highest BCUT2D eigenvalue weighted by molar-refractivity contribution is 5.95. The molecular weight excluding hydrogens is 418 g/mol. The van der Waals surface area contributed by atoms with Crippen molar-refractivity contribution in [1.29, 1.82) is 0 Å². The number of hydrogen-bond donors (Lipinski definition) is 0. The van der Waals surface area contributed by atoms with Crippen LogP contribution in [0.25, 0.3) is 0 Å². The molecule has 2 aliphatic heterocycles. The number of amides is 1. The fourth-order valence-corrected chi connectivity index (χ4v) is 5.03. The van der Waals surface area contributed by atoms with Crippen LogP contribution >= 0.6 is 0 Å². The molecule has 2 heterocycles. The van der Waals surface area contributed by atoms with Gasteiger partial charge in [0.05, 0.1) is 25.4 Å². The first-order chi connectivity index (χ1) is 15.8. The highest BCUT2D eigenvalue weighted by Gasteiger charge is 2.45. The second-order valence-corrected chi connectivity index (χ2v) is 9.82. The SMILES string of the molecule is COc1cc(C(=O)N2CCC3(CC2)C[C@H](OC(C)C)C2=C(C=CCC2)O3)ccc1OC(C)C. The van der Waals surface area contributed by atoms with Gasteiger partial charge in [0.1, 0.15) is 11.4 Å². The third kappa shape index (κ3) is 5.21. The van der Waals surface area contributed by atoms with Gasteiger partial charge in [-0.15, -0.1) is 0 Å². The Bertz CT molecular complexity index is 924. The van der Waals surface area contributed by atoms with Crippen molar-refractivity contribution in [2.24, 2.45) is 0 Å². The van der Waals surface area contributed by atoms with E-state index in [1.54, 1.807) is 13.2 Å². The van der Waals surface area contributed by atoms with Gasteiger partial charge in [0.15, 0.2) is 11.5 Å². The monoisotopic (exact) mass is 455 g/mol. The van der Waals surface area contributed by atoms with Crippen LogP contribution in [0.1, 0.15) is 70.2 Å². The van der Waals surface area contributed by atoms with Crippen molar-refractivity contribution in [3.05, 3.63) is 47.2 Å². The summed E-state index contributed by atoms with van der Waals surface area (Å²) in [4.78, 5) is 15.2. The van der Waals surface area contributed by atoms with Crippen LogP contribution in [0.4, 0.5) is 0 Å². The Balaban J connectivity index is 1.46. The number of allylic oxidation sites excluding steroid dienone is 2. The maximum absolute atomic E-state index is 13.3. The number of likely N-dealkylation sites (tertiary alicyclic amines) is 1. The van der Waals surface area contributed by atoms with Crippen LogP contribution < -0.4 is 9.47 Å². The lowest BCUT2D eigenvalue weighted by Gasteiger charge is -2.48. The van der Waals surface area contributed by atoms with Gasteiger partial charge in [0, 0.05) is 43.5 Å². The van der Waals surface area contributed by atoms with E-state index in [-0.39, 0.29) is 29.8 Å². The van der Waals surface area contributed by atoms with E-state index in [0.29, 0.717) is 30.2 Å². The van der Waals surface area contributed by atoms with Crippen molar-refractivity contribution in [2.45, 2.75) is 83.7 Å². The van der Waals surface area contributed by atoms with Crippen molar-refractivity contribution >= 4 is 5.91 Å². The first-order valence-corrected chi connectivity index (χ1v) is 12.2. The fraction of sp³-hybridized carbons (Fsp3) is 0.593. The van der Waals surface area contributed by atoms with E-state index in [2.05, 4.69) is 26.0 Å². The lowest BCUT2D eigenvalue weighted by molar-refractivity contribution is -0.104. The molecule has 0 N–H and O–H groups in total. The Hall–Kier alpha value is -2.47. The number of hydrogen-bond acceptors (Lipinski definition) is 5. The van der Waals surface area contributed by atoms with Crippen LogP contribution in [-0.4, -0.2) is 54.9 Å². The third-order valence-electron chi connectivity index (χ3n) is 6.61. The predicted molar refractivity (Wildman–Crippen MR) is 128 cm³/mol. The van der Waals surface area contributed by atoms with Gasteiger partial charge in [-0.3, -0.25) is 4.79 Å². The Kier molecular flexibility index (Phi) is 7.03. The summed E-state index contributed by atoms with van der Waals surface area (Å²) in [6.45, 7) is 9.43. The highest BCUT2D eigenvalue weighted by atomic mass is 16.5. The maximum Gasteiger partial charge on any atom is 0.253 e. The number of ether oxygens (including phenoxy) is 4. The van der Waals surface area contributed by atoms with Crippen LogP contribution in [-0.2, 0) is 9.47 Å². The van der Waals surface area contributed by atoms with E-state index in [4.69, 9.17) is 18.9 Å². The van der Waals surface area contributed by atoms with Gasteiger partial charge >= 0.3 is 0 Å². The Morgan fingerprint density at radius 2 is 1.88 bits per heavy atom. The summed E-state index contributed by atoms with van der Waals surface area (Å²) >= 11 is 0. The summed E-state index contributed by atoms with van der Waals surface area (Å²) in [6.07, 6.45) is 9.09. The van der Waals surface area contributed by atoms with Crippen LogP contribution in [0.15, 0.2) is 41.7 Å². The molecule has 0 aromatic heterocycles. The average Bonchev–Trinajstić information content (AvgIpc) is 2.78. The number of benzene rings is 1. The highest BCUT2D eigenvalue weighted by Crippen LogP contribution is 2.44. The minimum atomic E-state index is -0.274. The molecule has 0 unspecified atom stereocenters. The molecule has 6 heteroatoms. The zero-order chi connectivity index (χ0) is 23.6. The Morgan fingerprint density at radius 1 is 1.12 bits per heavy atom. The molecule has 1 aromatic rings. The van der Waals surface area contributed by atoms with E-state index in [1.807, 2.05) is 30.9 Å². The summed E-state index contributed by atoms with van der Waals surface area (Å²) in [5, 5.41) is 0. The molecule has 6 nitrogen and oxygen atoms in total. The molecule has 0 saturated carbocycles. The van der Waals surface area contributed by atoms with Crippen molar-refractivity contribution < 1.29 is 23.7 Å². The molecule has 1 aliphatic carbocycles. The number of nitrogens with zero attached hydrogens (tertiary/aromatic N) is 1. The molecule has 1 spiro atoms. The molecule has 1 atom stereocenters. The van der Waals surface area contributed by atoms with Gasteiger partial charge in [0.2, 0.25) is 0 Å². The molecule has 33 heavy (non-hydrogen) atoms. The van der Waals surface area contributed by atoms with Gasteiger partial charge in [-0.05, 0) is 64.8 Å². The Morgan fingerprint density at radius 3 is 2.55 bits per heavy atom. The van der Waals surface area contributed by atoms with Gasteiger partial charge in [-0.2, -0.15) is 0 Å². The topological polar surface area (TPSA) is 57.2 Å². The summed E-state index contributed by atoms with van der Waals surface area (Å²) < 4.78 is 24.2. The number of methoxy groups -OCH3 is 1.